The van der Waals surface area contributed by atoms with Gasteiger partial charge in [-0.2, -0.15) is 0 Å². The standard InChI is InChI=1S/C17H11ClO3/c18-12-4-3-5-13(10-12)20-16-7-2-1-6-15(16)17-9-8-14(11-19)21-17/h1-11H. The van der Waals surface area contributed by atoms with Crippen LogP contribution < -0.4 is 4.74 Å². The molecule has 104 valence electrons. The van der Waals surface area contributed by atoms with Crippen LogP contribution in [-0.2, 0) is 0 Å². The Hall–Kier alpha value is -2.52. The molecule has 0 saturated carbocycles. The third-order valence-corrected chi connectivity index (χ3v) is 3.15. The number of hydrogen-bond acceptors (Lipinski definition) is 3. The summed E-state index contributed by atoms with van der Waals surface area (Å²) in [6.07, 6.45) is 0.671. The lowest BCUT2D eigenvalue weighted by molar-refractivity contribution is 0.110. The number of furan rings is 1. The van der Waals surface area contributed by atoms with Crippen LogP contribution in [-0.4, -0.2) is 6.29 Å². The van der Waals surface area contributed by atoms with Gasteiger partial charge in [0.05, 0.1) is 5.56 Å². The van der Waals surface area contributed by atoms with Crippen molar-refractivity contribution in [1.82, 2.24) is 0 Å². The van der Waals surface area contributed by atoms with Crippen molar-refractivity contribution in [2.45, 2.75) is 0 Å². The number of carbonyl (C=O) groups is 1. The van der Waals surface area contributed by atoms with Gasteiger partial charge >= 0.3 is 0 Å². The van der Waals surface area contributed by atoms with Crippen molar-refractivity contribution in [1.29, 1.82) is 0 Å². The number of hydrogen-bond donors (Lipinski definition) is 0. The van der Waals surface area contributed by atoms with Gasteiger partial charge in [-0.05, 0) is 42.5 Å². The minimum absolute atomic E-state index is 0.280. The first kappa shape index (κ1) is 13.5. The van der Waals surface area contributed by atoms with Crippen molar-refractivity contribution in [3.8, 4) is 22.8 Å². The average molecular weight is 299 g/mol. The molecule has 0 aliphatic carbocycles. The largest absolute Gasteiger partial charge is 0.457 e. The van der Waals surface area contributed by atoms with Crippen molar-refractivity contribution >= 4 is 17.9 Å². The molecule has 0 aliphatic heterocycles. The van der Waals surface area contributed by atoms with Crippen LogP contribution in [0.5, 0.6) is 11.5 Å². The van der Waals surface area contributed by atoms with E-state index < -0.39 is 0 Å². The van der Waals surface area contributed by atoms with Crippen LogP contribution in [0.4, 0.5) is 0 Å². The Kier molecular flexibility index (Phi) is 3.75. The topological polar surface area (TPSA) is 39.4 Å². The zero-order valence-electron chi connectivity index (χ0n) is 11.0. The van der Waals surface area contributed by atoms with E-state index in [0.717, 1.165) is 5.56 Å². The molecule has 21 heavy (non-hydrogen) atoms. The Morgan fingerprint density at radius 3 is 2.62 bits per heavy atom. The Bertz CT molecular complexity index is 777. The van der Waals surface area contributed by atoms with Gasteiger partial charge in [0.2, 0.25) is 0 Å². The lowest BCUT2D eigenvalue weighted by Crippen LogP contribution is -1.87. The van der Waals surface area contributed by atoms with Crippen LogP contribution in [0.3, 0.4) is 0 Å². The molecule has 2 aromatic carbocycles. The second-order valence-electron chi connectivity index (χ2n) is 4.38. The van der Waals surface area contributed by atoms with Gasteiger partial charge in [-0.25, -0.2) is 0 Å². The van der Waals surface area contributed by atoms with Gasteiger partial charge in [0.15, 0.2) is 12.0 Å². The van der Waals surface area contributed by atoms with Gasteiger partial charge in [0.1, 0.15) is 17.3 Å². The third kappa shape index (κ3) is 2.98. The van der Waals surface area contributed by atoms with Gasteiger partial charge in [-0.15, -0.1) is 0 Å². The Morgan fingerprint density at radius 1 is 1.00 bits per heavy atom. The summed E-state index contributed by atoms with van der Waals surface area (Å²) in [5, 5.41) is 0.603. The molecule has 0 atom stereocenters. The van der Waals surface area contributed by atoms with E-state index >= 15 is 0 Å². The molecule has 3 aromatic rings. The predicted molar refractivity (Wildman–Crippen MR) is 81.1 cm³/mol. The van der Waals surface area contributed by atoms with Gasteiger partial charge in [0, 0.05) is 5.02 Å². The molecule has 1 aromatic heterocycles. The molecule has 0 fully saturated rings. The van der Waals surface area contributed by atoms with Gasteiger partial charge in [0.25, 0.3) is 0 Å². The van der Waals surface area contributed by atoms with Crippen molar-refractivity contribution in [2.75, 3.05) is 0 Å². The van der Waals surface area contributed by atoms with E-state index in [1.54, 1.807) is 24.3 Å². The SMILES string of the molecule is O=Cc1ccc(-c2ccccc2Oc2cccc(Cl)c2)o1. The fourth-order valence-corrected chi connectivity index (χ4v) is 2.16. The first-order valence-electron chi connectivity index (χ1n) is 6.34. The number of rotatable bonds is 4. The Morgan fingerprint density at radius 2 is 1.86 bits per heavy atom. The number of aldehydes is 1. The molecular formula is C17H11ClO3. The first-order chi connectivity index (χ1) is 10.3. The molecule has 3 nitrogen and oxygen atoms in total. The van der Waals surface area contributed by atoms with Crippen molar-refractivity contribution in [3.63, 3.8) is 0 Å². The number of para-hydroxylation sites is 1. The maximum Gasteiger partial charge on any atom is 0.185 e. The molecule has 0 N–H and O–H groups in total. The summed E-state index contributed by atoms with van der Waals surface area (Å²) in [4.78, 5) is 10.7. The Labute approximate surface area is 126 Å². The van der Waals surface area contributed by atoms with E-state index in [9.17, 15) is 4.79 Å². The van der Waals surface area contributed by atoms with E-state index in [1.807, 2.05) is 36.4 Å². The quantitative estimate of drug-likeness (QED) is 0.621. The lowest BCUT2D eigenvalue weighted by Gasteiger charge is -2.09. The molecule has 4 heteroatoms. The molecule has 0 saturated heterocycles. The number of benzene rings is 2. The van der Waals surface area contributed by atoms with E-state index in [1.165, 1.54) is 0 Å². The summed E-state index contributed by atoms with van der Waals surface area (Å²) in [5.74, 6) is 2.13. The van der Waals surface area contributed by atoms with Gasteiger partial charge in [-0.3, -0.25) is 4.79 Å². The van der Waals surface area contributed by atoms with Crippen LogP contribution in [0.15, 0.2) is 65.1 Å². The lowest BCUT2D eigenvalue weighted by atomic mass is 10.1. The first-order valence-corrected chi connectivity index (χ1v) is 6.72. The fourth-order valence-electron chi connectivity index (χ4n) is 1.98. The third-order valence-electron chi connectivity index (χ3n) is 2.92. The summed E-state index contributed by atoms with van der Waals surface area (Å²) in [5.41, 5.74) is 0.769. The molecule has 0 aliphatic rings. The molecule has 0 bridgehead atoms. The highest BCUT2D eigenvalue weighted by Crippen LogP contribution is 2.34. The minimum atomic E-state index is 0.280. The minimum Gasteiger partial charge on any atom is -0.457 e. The van der Waals surface area contributed by atoms with Crippen LogP contribution in [0.1, 0.15) is 10.6 Å². The fraction of sp³-hybridized carbons (Fsp3) is 0. The summed E-state index contributed by atoms with van der Waals surface area (Å²) >= 11 is 5.95. The monoisotopic (exact) mass is 298 g/mol. The molecule has 3 rings (SSSR count). The van der Waals surface area contributed by atoms with Crippen LogP contribution in [0, 0.1) is 0 Å². The van der Waals surface area contributed by atoms with Crippen LogP contribution >= 0.6 is 11.6 Å². The predicted octanol–water partition coefficient (Wildman–Crippen LogP) is 5.20. The number of carbonyl (C=O) groups excluding carboxylic acids is 1. The van der Waals surface area contributed by atoms with Crippen molar-refractivity contribution in [2.24, 2.45) is 0 Å². The van der Waals surface area contributed by atoms with Gasteiger partial charge in [-0.1, -0.05) is 29.8 Å². The van der Waals surface area contributed by atoms with Crippen LogP contribution in [0.2, 0.25) is 5.02 Å². The zero-order chi connectivity index (χ0) is 14.7. The molecule has 0 unspecified atom stereocenters. The van der Waals surface area contributed by atoms with Crippen LogP contribution in [0.25, 0.3) is 11.3 Å². The highest BCUT2D eigenvalue weighted by molar-refractivity contribution is 6.30. The zero-order valence-corrected chi connectivity index (χ0v) is 11.7. The maximum atomic E-state index is 10.7. The Balaban J connectivity index is 1.97. The van der Waals surface area contributed by atoms with E-state index in [0.29, 0.717) is 28.6 Å². The molecule has 0 radical (unpaired) electrons. The van der Waals surface area contributed by atoms with E-state index in [4.69, 9.17) is 20.8 Å². The molecule has 0 spiro atoms. The van der Waals surface area contributed by atoms with E-state index in [2.05, 4.69) is 0 Å². The number of halogens is 1. The second kappa shape index (κ2) is 5.85. The van der Waals surface area contributed by atoms with E-state index in [-0.39, 0.29) is 5.76 Å². The smallest absolute Gasteiger partial charge is 0.185 e. The summed E-state index contributed by atoms with van der Waals surface area (Å²) < 4.78 is 11.3. The summed E-state index contributed by atoms with van der Waals surface area (Å²) in [7, 11) is 0. The molecular weight excluding hydrogens is 288 g/mol. The maximum absolute atomic E-state index is 10.7. The van der Waals surface area contributed by atoms with Crippen molar-refractivity contribution < 1.29 is 13.9 Å². The van der Waals surface area contributed by atoms with Crippen molar-refractivity contribution in [3.05, 3.63) is 71.4 Å². The van der Waals surface area contributed by atoms with Gasteiger partial charge < -0.3 is 9.15 Å². The average Bonchev–Trinajstić information content (AvgIpc) is 2.97. The normalized spacial score (nSPS) is 10.3. The molecule has 1 heterocycles. The highest BCUT2D eigenvalue weighted by atomic mass is 35.5. The molecule has 0 amide bonds. The summed E-state index contributed by atoms with van der Waals surface area (Å²) in [6.45, 7) is 0. The summed E-state index contributed by atoms with van der Waals surface area (Å²) in [6, 6.07) is 18.0. The second-order valence-corrected chi connectivity index (χ2v) is 4.81. The number of ether oxygens (including phenoxy) is 1. The highest BCUT2D eigenvalue weighted by Gasteiger charge is 2.11.